The van der Waals surface area contributed by atoms with E-state index in [1.165, 1.54) is 13.3 Å². The molecule has 1 aromatic heterocycles. The fourth-order valence-electron chi connectivity index (χ4n) is 2.03. The Balaban J connectivity index is 2.01. The summed E-state index contributed by atoms with van der Waals surface area (Å²) in [5.74, 6) is -0.197. The summed E-state index contributed by atoms with van der Waals surface area (Å²) in [5.41, 5.74) is 1.12. The molecule has 0 spiro atoms. The molecule has 0 radical (unpaired) electrons. The maximum atomic E-state index is 12.3. The molecular weight excluding hydrogens is 340 g/mol. The van der Waals surface area contributed by atoms with E-state index in [2.05, 4.69) is 35.8 Å². The quantitative estimate of drug-likeness (QED) is 0.822. The van der Waals surface area contributed by atoms with Crippen molar-refractivity contribution in [3.05, 3.63) is 40.9 Å². The van der Waals surface area contributed by atoms with Crippen molar-refractivity contribution in [2.75, 3.05) is 12.4 Å². The molecule has 0 bridgehead atoms. The highest BCUT2D eigenvalue weighted by Crippen LogP contribution is 2.26. The van der Waals surface area contributed by atoms with Crippen LogP contribution in [-0.2, 0) is 14.9 Å². The first-order chi connectivity index (χ1) is 11.7. The van der Waals surface area contributed by atoms with Gasteiger partial charge < -0.3 is 9.47 Å². The van der Waals surface area contributed by atoms with Gasteiger partial charge in [0.15, 0.2) is 11.2 Å². The number of anilines is 1. The van der Waals surface area contributed by atoms with Gasteiger partial charge in [-0.25, -0.2) is 9.78 Å². The Morgan fingerprint density at radius 3 is 2.64 bits per heavy atom. The van der Waals surface area contributed by atoms with Crippen LogP contribution in [-0.4, -0.2) is 30.1 Å². The molecule has 1 heterocycles. The normalized spacial score (nSPS) is 12.4. The zero-order valence-corrected chi connectivity index (χ0v) is 15.8. The Morgan fingerprint density at radius 2 is 2.00 bits per heavy atom. The Hall–Kier alpha value is -2.41. The minimum Gasteiger partial charge on any atom is -0.481 e. The number of carbonyl (C=O) groups excluding carboxylic acids is 2. The number of benzene rings is 1. The molecule has 0 saturated heterocycles. The van der Waals surface area contributed by atoms with Crippen molar-refractivity contribution in [3.63, 3.8) is 0 Å². The average molecular weight is 362 g/mol. The van der Waals surface area contributed by atoms with Crippen molar-refractivity contribution in [1.29, 1.82) is 0 Å². The molecule has 134 valence electrons. The lowest BCUT2D eigenvalue weighted by atomic mass is 9.87. The number of ether oxygens (including phenoxy) is 2. The molecule has 2 rings (SSSR count). The first kappa shape index (κ1) is 18.9. The number of rotatable bonds is 5. The Morgan fingerprint density at radius 1 is 1.28 bits per heavy atom. The van der Waals surface area contributed by atoms with Crippen molar-refractivity contribution in [3.8, 4) is 5.75 Å². The summed E-state index contributed by atoms with van der Waals surface area (Å²) >= 11 is 1.05. The van der Waals surface area contributed by atoms with Gasteiger partial charge in [-0.05, 0) is 30.0 Å². The molecule has 1 N–H and O–H groups in total. The first-order valence-corrected chi connectivity index (χ1v) is 8.64. The van der Waals surface area contributed by atoms with Crippen molar-refractivity contribution in [2.24, 2.45) is 0 Å². The summed E-state index contributed by atoms with van der Waals surface area (Å²) in [4.78, 5) is 28.0. The molecular formula is C18H22N2O4S. The molecule has 7 heteroatoms. The van der Waals surface area contributed by atoms with E-state index in [0.717, 1.165) is 16.9 Å². The van der Waals surface area contributed by atoms with Crippen LogP contribution in [0.4, 0.5) is 5.13 Å². The topological polar surface area (TPSA) is 77.5 Å². The molecule has 0 saturated carbocycles. The lowest BCUT2D eigenvalue weighted by molar-refractivity contribution is -0.122. The number of methoxy groups -OCH3 is 1. The van der Waals surface area contributed by atoms with Crippen LogP contribution in [0.5, 0.6) is 5.75 Å². The second-order valence-electron chi connectivity index (χ2n) is 6.55. The lowest BCUT2D eigenvalue weighted by Crippen LogP contribution is -2.30. The molecule has 6 nitrogen and oxygen atoms in total. The molecule has 2 aromatic rings. The van der Waals surface area contributed by atoms with Gasteiger partial charge in [-0.1, -0.05) is 44.2 Å². The maximum Gasteiger partial charge on any atom is 0.349 e. The molecule has 0 unspecified atom stereocenters. The molecule has 0 aliphatic heterocycles. The maximum absolute atomic E-state index is 12.3. The molecule has 0 aliphatic rings. The van der Waals surface area contributed by atoms with Gasteiger partial charge in [-0.2, -0.15) is 0 Å². The second-order valence-corrected chi connectivity index (χ2v) is 7.58. The van der Waals surface area contributed by atoms with Crippen molar-refractivity contribution in [2.45, 2.75) is 39.2 Å². The van der Waals surface area contributed by atoms with E-state index < -0.39 is 12.1 Å². The monoisotopic (exact) mass is 362 g/mol. The van der Waals surface area contributed by atoms with E-state index in [-0.39, 0.29) is 11.3 Å². The van der Waals surface area contributed by atoms with Crippen molar-refractivity contribution in [1.82, 2.24) is 4.98 Å². The zero-order valence-electron chi connectivity index (χ0n) is 15.0. The van der Waals surface area contributed by atoms with E-state index in [4.69, 9.17) is 4.74 Å². The van der Waals surface area contributed by atoms with Gasteiger partial charge in [0, 0.05) is 0 Å². The minimum absolute atomic E-state index is 0.00393. The lowest BCUT2D eigenvalue weighted by Gasteiger charge is -2.21. The summed E-state index contributed by atoms with van der Waals surface area (Å²) in [6.07, 6.45) is 0.658. The highest BCUT2D eigenvalue weighted by molar-refractivity contribution is 7.17. The van der Waals surface area contributed by atoms with Crippen LogP contribution in [0.3, 0.4) is 0 Å². The molecule has 25 heavy (non-hydrogen) atoms. The van der Waals surface area contributed by atoms with Crippen LogP contribution in [0, 0.1) is 0 Å². The van der Waals surface area contributed by atoms with Crippen LogP contribution in [0.15, 0.2) is 30.5 Å². The summed E-state index contributed by atoms with van der Waals surface area (Å²) in [6, 6.07) is 7.69. The number of amides is 1. The van der Waals surface area contributed by atoms with E-state index >= 15 is 0 Å². The SMILES string of the molecule is COC(=O)c1cnc(NC(=O)[C@@H](C)Oc2cccc(C(C)(C)C)c2)s1. The van der Waals surface area contributed by atoms with Crippen molar-refractivity contribution < 1.29 is 19.1 Å². The molecule has 0 aliphatic carbocycles. The van der Waals surface area contributed by atoms with E-state index in [1.54, 1.807) is 6.92 Å². The third-order valence-corrected chi connectivity index (χ3v) is 4.40. The molecule has 1 atom stereocenters. The van der Waals surface area contributed by atoms with Crippen LogP contribution >= 0.6 is 11.3 Å². The zero-order chi connectivity index (χ0) is 18.6. The molecule has 1 amide bonds. The number of aromatic nitrogens is 1. The number of esters is 1. The van der Waals surface area contributed by atoms with Crippen LogP contribution < -0.4 is 10.1 Å². The van der Waals surface area contributed by atoms with Gasteiger partial charge in [0.05, 0.1) is 13.3 Å². The molecule has 1 aromatic carbocycles. The fourth-order valence-corrected chi connectivity index (χ4v) is 2.76. The minimum atomic E-state index is -0.708. The number of nitrogens with one attached hydrogen (secondary N) is 1. The predicted octanol–water partition coefficient (Wildman–Crippen LogP) is 3.63. The summed E-state index contributed by atoms with van der Waals surface area (Å²) < 4.78 is 10.3. The Labute approximate surface area is 151 Å². The Kier molecular flexibility index (Phi) is 5.79. The second kappa shape index (κ2) is 7.65. The third-order valence-electron chi connectivity index (χ3n) is 3.50. The van der Waals surface area contributed by atoms with Crippen LogP contribution in [0.1, 0.15) is 42.9 Å². The van der Waals surface area contributed by atoms with Gasteiger partial charge in [0.25, 0.3) is 5.91 Å². The number of nitrogens with zero attached hydrogens (tertiary/aromatic N) is 1. The van der Waals surface area contributed by atoms with E-state index in [1.807, 2.05) is 24.3 Å². The number of hydrogen-bond donors (Lipinski definition) is 1. The number of thiazole rings is 1. The smallest absolute Gasteiger partial charge is 0.349 e. The van der Waals surface area contributed by atoms with E-state index in [0.29, 0.717) is 15.8 Å². The Bertz CT molecular complexity index is 764. The standard InChI is InChI=1S/C18H22N2O4S/c1-11(24-13-8-6-7-12(9-13)18(2,3)4)15(21)20-17-19-10-14(25-17)16(22)23-5/h6-11H,1-5H3,(H,19,20,21)/t11-/m1/s1. The third kappa shape index (κ3) is 5.03. The number of carbonyl (C=O) groups is 2. The number of hydrogen-bond acceptors (Lipinski definition) is 6. The highest BCUT2D eigenvalue weighted by atomic mass is 32.1. The average Bonchev–Trinajstić information content (AvgIpc) is 3.02. The van der Waals surface area contributed by atoms with Gasteiger partial charge in [-0.3, -0.25) is 10.1 Å². The van der Waals surface area contributed by atoms with Gasteiger partial charge in [0.1, 0.15) is 10.6 Å². The van der Waals surface area contributed by atoms with E-state index in [9.17, 15) is 9.59 Å². The first-order valence-electron chi connectivity index (χ1n) is 7.83. The van der Waals surface area contributed by atoms with Crippen LogP contribution in [0.2, 0.25) is 0 Å². The van der Waals surface area contributed by atoms with Crippen LogP contribution in [0.25, 0.3) is 0 Å². The van der Waals surface area contributed by atoms with Gasteiger partial charge >= 0.3 is 5.97 Å². The highest BCUT2D eigenvalue weighted by Gasteiger charge is 2.19. The van der Waals surface area contributed by atoms with Gasteiger partial charge in [-0.15, -0.1) is 0 Å². The predicted molar refractivity (Wildman–Crippen MR) is 97.3 cm³/mol. The summed E-state index contributed by atoms with van der Waals surface area (Å²) in [7, 11) is 1.29. The summed E-state index contributed by atoms with van der Waals surface area (Å²) in [6.45, 7) is 8.00. The largest absolute Gasteiger partial charge is 0.481 e. The van der Waals surface area contributed by atoms with Crippen molar-refractivity contribution >= 4 is 28.3 Å². The van der Waals surface area contributed by atoms with Gasteiger partial charge in [0.2, 0.25) is 0 Å². The fraction of sp³-hybridized carbons (Fsp3) is 0.389. The summed E-state index contributed by atoms with van der Waals surface area (Å²) in [5, 5.41) is 2.97. The molecule has 0 fully saturated rings.